The largest absolute Gasteiger partial charge is 0.356 e. The van der Waals surface area contributed by atoms with Gasteiger partial charge in [0.15, 0.2) is 0 Å². The highest BCUT2D eigenvalue weighted by Gasteiger charge is 2.23. The Bertz CT molecular complexity index is 494. The summed E-state index contributed by atoms with van der Waals surface area (Å²) in [6.45, 7) is 6.33. The van der Waals surface area contributed by atoms with Crippen LogP contribution >= 0.6 is 0 Å². The standard InChI is InChI=1S/C17H25N3O2/c1-13(2)11-16(21)19-12-14-5-9-20(10-6-14)17(22)15-3-7-18-8-4-15/h3-4,7-8,13-14H,5-6,9-12H2,1-2H3,(H,19,21). The molecule has 0 unspecified atom stereocenters. The Labute approximate surface area is 132 Å². The highest BCUT2D eigenvalue weighted by Crippen LogP contribution is 2.18. The first-order valence-corrected chi connectivity index (χ1v) is 8.02. The molecule has 5 heteroatoms. The zero-order valence-corrected chi connectivity index (χ0v) is 13.4. The average Bonchev–Trinajstić information content (AvgIpc) is 2.53. The number of amides is 2. The number of hydrogen-bond donors (Lipinski definition) is 1. The lowest BCUT2D eigenvalue weighted by molar-refractivity contribution is -0.122. The summed E-state index contributed by atoms with van der Waals surface area (Å²) in [7, 11) is 0. The highest BCUT2D eigenvalue weighted by molar-refractivity contribution is 5.94. The highest BCUT2D eigenvalue weighted by atomic mass is 16.2. The molecule has 22 heavy (non-hydrogen) atoms. The maximum Gasteiger partial charge on any atom is 0.253 e. The molecule has 0 aromatic carbocycles. The van der Waals surface area contributed by atoms with Crippen molar-refractivity contribution in [2.24, 2.45) is 11.8 Å². The van der Waals surface area contributed by atoms with E-state index in [9.17, 15) is 9.59 Å². The normalized spacial score (nSPS) is 15.9. The molecular weight excluding hydrogens is 278 g/mol. The number of rotatable bonds is 5. The summed E-state index contributed by atoms with van der Waals surface area (Å²) < 4.78 is 0. The van der Waals surface area contributed by atoms with Gasteiger partial charge < -0.3 is 10.2 Å². The first-order chi connectivity index (χ1) is 10.6. The maximum absolute atomic E-state index is 12.3. The number of hydrogen-bond acceptors (Lipinski definition) is 3. The van der Waals surface area contributed by atoms with E-state index < -0.39 is 0 Å². The maximum atomic E-state index is 12.3. The average molecular weight is 303 g/mol. The van der Waals surface area contributed by atoms with Crippen molar-refractivity contribution in [2.45, 2.75) is 33.1 Å². The molecule has 1 N–H and O–H groups in total. The summed E-state index contributed by atoms with van der Waals surface area (Å²) >= 11 is 0. The predicted octanol–water partition coefficient (Wildman–Crippen LogP) is 2.10. The van der Waals surface area contributed by atoms with Gasteiger partial charge in [0.1, 0.15) is 0 Å². The van der Waals surface area contributed by atoms with Gasteiger partial charge >= 0.3 is 0 Å². The van der Waals surface area contributed by atoms with Crippen molar-refractivity contribution in [3.63, 3.8) is 0 Å². The number of carbonyl (C=O) groups excluding carboxylic acids is 2. The third-order valence-corrected chi connectivity index (χ3v) is 4.01. The van der Waals surface area contributed by atoms with E-state index in [1.54, 1.807) is 24.5 Å². The Hall–Kier alpha value is -1.91. The summed E-state index contributed by atoms with van der Waals surface area (Å²) in [6.07, 6.45) is 5.76. The SMILES string of the molecule is CC(C)CC(=O)NCC1CCN(C(=O)c2ccncc2)CC1. The molecule has 1 fully saturated rings. The van der Waals surface area contributed by atoms with Crippen molar-refractivity contribution in [1.29, 1.82) is 0 Å². The minimum Gasteiger partial charge on any atom is -0.356 e. The van der Waals surface area contributed by atoms with Crippen LogP contribution in [-0.2, 0) is 4.79 Å². The molecule has 0 radical (unpaired) electrons. The molecule has 0 saturated carbocycles. The van der Waals surface area contributed by atoms with Crippen molar-refractivity contribution >= 4 is 11.8 Å². The molecule has 1 aromatic heterocycles. The first-order valence-electron chi connectivity index (χ1n) is 8.02. The van der Waals surface area contributed by atoms with Crippen LogP contribution in [0.25, 0.3) is 0 Å². The molecule has 0 spiro atoms. The van der Waals surface area contributed by atoms with E-state index >= 15 is 0 Å². The van der Waals surface area contributed by atoms with Gasteiger partial charge in [-0.2, -0.15) is 0 Å². The molecule has 0 aliphatic carbocycles. The molecule has 1 aromatic rings. The van der Waals surface area contributed by atoms with Crippen LogP contribution in [0.5, 0.6) is 0 Å². The van der Waals surface area contributed by atoms with Crippen LogP contribution in [0.1, 0.15) is 43.5 Å². The third-order valence-electron chi connectivity index (χ3n) is 4.01. The molecule has 0 atom stereocenters. The van der Waals surface area contributed by atoms with E-state index in [0.717, 1.165) is 32.5 Å². The second-order valence-electron chi connectivity index (χ2n) is 6.37. The van der Waals surface area contributed by atoms with Gasteiger partial charge in [-0.15, -0.1) is 0 Å². The lowest BCUT2D eigenvalue weighted by Crippen LogP contribution is -2.41. The fourth-order valence-corrected chi connectivity index (χ4v) is 2.72. The van der Waals surface area contributed by atoms with Crippen molar-refractivity contribution in [3.8, 4) is 0 Å². The van der Waals surface area contributed by atoms with Gasteiger partial charge in [-0.05, 0) is 36.8 Å². The molecule has 2 rings (SSSR count). The lowest BCUT2D eigenvalue weighted by Gasteiger charge is -2.32. The van der Waals surface area contributed by atoms with Crippen molar-refractivity contribution in [3.05, 3.63) is 30.1 Å². The van der Waals surface area contributed by atoms with Crippen LogP contribution in [0, 0.1) is 11.8 Å². The number of nitrogens with zero attached hydrogens (tertiary/aromatic N) is 2. The van der Waals surface area contributed by atoms with E-state index in [-0.39, 0.29) is 11.8 Å². The van der Waals surface area contributed by atoms with Gasteiger partial charge in [0, 0.05) is 44.0 Å². The fourth-order valence-electron chi connectivity index (χ4n) is 2.72. The van der Waals surface area contributed by atoms with Crippen molar-refractivity contribution in [2.75, 3.05) is 19.6 Å². The van der Waals surface area contributed by atoms with E-state index in [0.29, 0.717) is 23.8 Å². The molecule has 1 aliphatic rings. The zero-order chi connectivity index (χ0) is 15.9. The summed E-state index contributed by atoms with van der Waals surface area (Å²) in [5.41, 5.74) is 0.693. The second kappa shape index (κ2) is 7.92. The topological polar surface area (TPSA) is 62.3 Å². The van der Waals surface area contributed by atoms with E-state index in [1.807, 2.05) is 18.7 Å². The van der Waals surface area contributed by atoms with Crippen LogP contribution in [0.3, 0.4) is 0 Å². The van der Waals surface area contributed by atoms with E-state index in [4.69, 9.17) is 0 Å². The summed E-state index contributed by atoms with van der Waals surface area (Å²) in [5.74, 6) is 1.06. The fraction of sp³-hybridized carbons (Fsp3) is 0.588. The smallest absolute Gasteiger partial charge is 0.253 e. The Morgan fingerprint density at radius 3 is 2.50 bits per heavy atom. The van der Waals surface area contributed by atoms with Gasteiger partial charge in [0.25, 0.3) is 5.91 Å². The molecular formula is C17H25N3O2. The van der Waals surface area contributed by atoms with Crippen LogP contribution < -0.4 is 5.32 Å². The minimum atomic E-state index is 0.0738. The van der Waals surface area contributed by atoms with Gasteiger partial charge in [-0.1, -0.05) is 13.8 Å². The van der Waals surface area contributed by atoms with E-state index in [2.05, 4.69) is 10.3 Å². The van der Waals surface area contributed by atoms with Gasteiger partial charge in [0.2, 0.25) is 5.91 Å². The number of piperidine rings is 1. The number of pyridine rings is 1. The molecule has 120 valence electrons. The number of aromatic nitrogens is 1. The Balaban J connectivity index is 1.74. The molecule has 1 saturated heterocycles. The Kier molecular flexibility index (Phi) is 5.92. The Morgan fingerprint density at radius 2 is 1.91 bits per heavy atom. The number of likely N-dealkylation sites (tertiary alicyclic amines) is 1. The molecule has 2 amide bonds. The monoisotopic (exact) mass is 303 g/mol. The zero-order valence-electron chi connectivity index (χ0n) is 13.4. The van der Waals surface area contributed by atoms with Gasteiger partial charge in [-0.3, -0.25) is 14.6 Å². The molecule has 5 nitrogen and oxygen atoms in total. The molecule has 0 bridgehead atoms. The van der Waals surface area contributed by atoms with Crippen LogP contribution in [0.4, 0.5) is 0 Å². The molecule has 2 heterocycles. The van der Waals surface area contributed by atoms with Crippen molar-refractivity contribution < 1.29 is 9.59 Å². The first kappa shape index (κ1) is 16.5. The van der Waals surface area contributed by atoms with E-state index in [1.165, 1.54) is 0 Å². The third kappa shape index (κ3) is 4.83. The van der Waals surface area contributed by atoms with Crippen LogP contribution in [0.2, 0.25) is 0 Å². The van der Waals surface area contributed by atoms with Gasteiger partial charge in [-0.25, -0.2) is 0 Å². The summed E-state index contributed by atoms with van der Waals surface area (Å²) in [4.78, 5) is 29.8. The van der Waals surface area contributed by atoms with Crippen molar-refractivity contribution in [1.82, 2.24) is 15.2 Å². The van der Waals surface area contributed by atoms with Crippen LogP contribution in [-0.4, -0.2) is 41.3 Å². The number of carbonyl (C=O) groups is 2. The lowest BCUT2D eigenvalue weighted by atomic mass is 9.96. The minimum absolute atomic E-state index is 0.0738. The summed E-state index contributed by atoms with van der Waals surface area (Å²) in [5, 5.41) is 3.01. The summed E-state index contributed by atoms with van der Waals surface area (Å²) in [6, 6.07) is 3.50. The quantitative estimate of drug-likeness (QED) is 0.906. The van der Waals surface area contributed by atoms with Crippen LogP contribution in [0.15, 0.2) is 24.5 Å². The second-order valence-corrected chi connectivity index (χ2v) is 6.37. The van der Waals surface area contributed by atoms with Gasteiger partial charge in [0.05, 0.1) is 0 Å². The number of nitrogens with one attached hydrogen (secondary N) is 1. The Morgan fingerprint density at radius 1 is 1.27 bits per heavy atom. The molecule has 1 aliphatic heterocycles. The predicted molar refractivity (Wildman–Crippen MR) is 85.3 cm³/mol.